The van der Waals surface area contributed by atoms with Crippen molar-refractivity contribution in [3.8, 4) is 17.3 Å². The van der Waals surface area contributed by atoms with E-state index in [-0.39, 0.29) is 5.57 Å². The van der Waals surface area contributed by atoms with Crippen molar-refractivity contribution in [1.82, 2.24) is 19.5 Å². The zero-order chi connectivity index (χ0) is 26.2. The van der Waals surface area contributed by atoms with Gasteiger partial charge < -0.3 is 4.57 Å². The molecular weight excluding hydrogens is 499 g/mol. The molecule has 2 aromatic heterocycles. The number of fused-ring (bicyclic) bond motifs is 3. The van der Waals surface area contributed by atoms with Crippen LogP contribution in [0.25, 0.3) is 39.1 Å². The van der Waals surface area contributed by atoms with E-state index in [1.807, 2.05) is 120 Å². The zero-order valence-corrected chi connectivity index (χ0v) is 21.8. The molecule has 7 rings (SSSR count). The summed E-state index contributed by atoms with van der Waals surface area (Å²) < 4.78 is 17.3. The van der Waals surface area contributed by atoms with E-state index in [0.29, 0.717) is 22.4 Å². The Morgan fingerprint density at radius 2 is 0.949 bits per heavy atom. The van der Waals surface area contributed by atoms with Crippen molar-refractivity contribution in [2.45, 2.75) is 0 Å². The Kier molecular flexibility index (Phi) is 5.65. The van der Waals surface area contributed by atoms with Gasteiger partial charge in [0.2, 0.25) is 18.7 Å². The van der Waals surface area contributed by atoms with Crippen LogP contribution in [-0.2, 0) is 4.57 Å². The number of aromatic nitrogens is 4. The van der Waals surface area contributed by atoms with Gasteiger partial charge in [-0.1, -0.05) is 127 Å². The maximum atomic E-state index is 15.3. The molecule has 0 radical (unpaired) electrons. The standard InChI is InChI=1S/C33H23N4OP/c38-39(25-16-6-2-7-17-25,26-18-8-3-9-19-26)33-35-31(24-14-4-1-5-15-24)34-32(36-33)37-29-22-12-10-20-27(29)28-21-11-13-23-30(28)37/h1-23H. The number of para-hydroxylation sites is 2. The Morgan fingerprint density at radius 3 is 1.49 bits per heavy atom. The van der Waals surface area contributed by atoms with E-state index in [0.717, 1.165) is 27.4 Å². The molecule has 5 aromatic carbocycles. The Morgan fingerprint density at radius 1 is 0.487 bits per heavy atom. The summed E-state index contributed by atoms with van der Waals surface area (Å²) >= 11 is 0. The Bertz CT molecular complexity index is 1890. The number of benzene rings is 5. The second kappa shape index (κ2) is 9.46. The number of rotatable bonds is 5. The summed E-state index contributed by atoms with van der Waals surface area (Å²) in [6.07, 6.45) is 0. The first kappa shape index (κ1) is 23.3. The molecule has 0 amide bonds. The molecule has 186 valence electrons. The molecule has 7 aromatic rings. The second-order valence-corrected chi connectivity index (χ2v) is 11.9. The molecule has 0 aliphatic carbocycles. The average Bonchev–Trinajstić information content (AvgIpc) is 3.36. The summed E-state index contributed by atoms with van der Waals surface area (Å²) in [5.41, 5.74) is 3.04. The smallest absolute Gasteiger partial charge is 0.238 e. The van der Waals surface area contributed by atoms with E-state index in [2.05, 4.69) is 24.3 Å². The highest BCUT2D eigenvalue weighted by molar-refractivity contribution is 7.84. The predicted octanol–water partition coefficient (Wildman–Crippen LogP) is 6.28. The molecule has 0 saturated heterocycles. The van der Waals surface area contributed by atoms with Crippen LogP contribution in [0.2, 0.25) is 0 Å². The van der Waals surface area contributed by atoms with E-state index in [4.69, 9.17) is 15.0 Å². The lowest BCUT2D eigenvalue weighted by Crippen LogP contribution is -2.31. The Labute approximate surface area is 225 Å². The van der Waals surface area contributed by atoms with E-state index in [1.54, 1.807) is 0 Å². The lowest BCUT2D eigenvalue weighted by molar-refractivity contribution is 0.591. The van der Waals surface area contributed by atoms with Crippen LogP contribution in [0.3, 0.4) is 0 Å². The van der Waals surface area contributed by atoms with Crippen molar-refractivity contribution < 1.29 is 4.57 Å². The molecule has 0 fully saturated rings. The predicted molar refractivity (Wildman–Crippen MR) is 159 cm³/mol. The highest BCUT2D eigenvalue weighted by atomic mass is 31.2. The lowest BCUT2D eigenvalue weighted by atomic mass is 10.2. The maximum absolute atomic E-state index is 15.3. The second-order valence-electron chi connectivity index (χ2n) is 9.28. The van der Waals surface area contributed by atoms with Gasteiger partial charge in [0.25, 0.3) is 0 Å². The van der Waals surface area contributed by atoms with Crippen molar-refractivity contribution in [2.24, 2.45) is 0 Å². The molecule has 0 spiro atoms. The zero-order valence-electron chi connectivity index (χ0n) is 20.9. The van der Waals surface area contributed by atoms with Gasteiger partial charge in [-0.3, -0.25) is 4.57 Å². The van der Waals surface area contributed by atoms with Crippen LogP contribution >= 0.6 is 7.14 Å². The van der Waals surface area contributed by atoms with Gasteiger partial charge in [-0.15, -0.1) is 0 Å². The van der Waals surface area contributed by atoms with Crippen molar-refractivity contribution >= 4 is 45.1 Å². The quantitative estimate of drug-likeness (QED) is 0.250. The summed E-state index contributed by atoms with van der Waals surface area (Å²) in [4.78, 5) is 14.9. The third-order valence-corrected chi connectivity index (χ3v) is 9.76. The molecule has 5 nitrogen and oxygen atoms in total. The monoisotopic (exact) mass is 522 g/mol. The third kappa shape index (κ3) is 3.87. The van der Waals surface area contributed by atoms with Gasteiger partial charge in [-0.2, -0.15) is 9.97 Å². The minimum absolute atomic E-state index is 0.255. The van der Waals surface area contributed by atoms with E-state index in [9.17, 15) is 0 Å². The van der Waals surface area contributed by atoms with Crippen LogP contribution in [0.15, 0.2) is 140 Å². The average molecular weight is 523 g/mol. The van der Waals surface area contributed by atoms with Crippen LogP contribution < -0.4 is 16.2 Å². The highest BCUT2D eigenvalue weighted by Crippen LogP contribution is 2.41. The highest BCUT2D eigenvalue weighted by Gasteiger charge is 2.34. The molecule has 39 heavy (non-hydrogen) atoms. The van der Waals surface area contributed by atoms with Crippen LogP contribution in [-0.4, -0.2) is 19.5 Å². The van der Waals surface area contributed by atoms with Crippen molar-refractivity contribution in [3.05, 3.63) is 140 Å². The van der Waals surface area contributed by atoms with Gasteiger partial charge in [-0.05, 0) is 12.1 Å². The summed E-state index contributed by atoms with van der Waals surface area (Å²) in [5, 5.41) is 3.56. The lowest BCUT2D eigenvalue weighted by Gasteiger charge is -2.19. The van der Waals surface area contributed by atoms with Crippen LogP contribution in [0.4, 0.5) is 0 Å². The molecule has 2 heterocycles. The van der Waals surface area contributed by atoms with Crippen LogP contribution in [0.1, 0.15) is 0 Å². The fraction of sp³-hybridized carbons (Fsp3) is 0. The molecule has 6 heteroatoms. The van der Waals surface area contributed by atoms with Crippen LogP contribution in [0, 0.1) is 0 Å². The Balaban J connectivity index is 1.59. The van der Waals surface area contributed by atoms with Crippen LogP contribution in [0.5, 0.6) is 0 Å². The van der Waals surface area contributed by atoms with Gasteiger partial charge in [0.15, 0.2) is 5.82 Å². The third-order valence-electron chi connectivity index (χ3n) is 6.95. The number of hydrogen-bond acceptors (Lipinski definition) is 4. The molecule has 0 aliphatic rings. The number of nitrogens with zero attached hydrogens (tertiary/aromatic N) is 4. The van der Waals surface area contributed by atoms with Gasteiger partial charge in [0.05, 0.1) is 11.0 Å². The molecule has 0 aliphatic heterocycles. The summed E-state index contributed by atoms with van der Waals surface area (Å²) in [5.74, 6) is 0.910. The first-order valence-corrected chi connectivity index (χ1v) is 14.5. The molecule has 0 atom stereocenters. The summed E-state index contributed by atoms with van der Waals surface area (Å²) in [7, 11) is -3.45. The first-order chi connectivity index (χ1) is 19.2. The summed E-state index contributed by atoms with van der Waals surface area (Å²) in [6, 6.07) is 45.2. The van der Waals surface area contributed by atoms with Crippen molar-refractivity contribution in [1.29, 1.82) is 0 Å². The number of hydrogen-bond donors (Lipinski definition) is 0. The molecule has 0 saturated carbocycles. The fourth-order valence-electron chi connectivity index (χ4n) is 5.10. The SMILES string of the molecule is O=P(c1ccccc1)(c1ccccc1)c1nc(-c2ccccc2)nc(-n2c3ccccc3c3ccccc32)n1. The van der Waals surface area contributed by atoms with E-state index in [1.165, 1.54) is 0 Å². The van der Waals surface area contributed by atoms with E-state index < -0.39 is 7.14 Å². The van der Waals surface area contributed by atoms with Gasteiger partial charge in [0.1, 0.15) is 0 Å². The largest absolute Gasteiger partial charge is 0.305 e. The topological polar surface area (TPSA) is 60.7 Å². The maximum Gasteiger partial charge on any atom is 0.238 e. The van der Waals surface area contributed by atoms with Gasteiger partial charge >= 0.3 is 0 Å². The van der Waals surface area contributed by atoms with Gasteiger partial charge in [0, 0.05) is 26.9 Å². The van der Waals surface area contributed by atoms with Crippen molar-refractivity contribution in [3.63, 3.8) is 0 Å². The first-order valence-electron chi connectivity index (χ1n) is 12.8. The minimum atomic E-state index is -3.45. The minimum Gasteiger partial charge on any atom is -0.305 e. The van der Waals surface area contributed by atoms with E-state index >= 15 is 4.57 Å². The Hall–Kier alpha value is -4.86. The molecule has 0 N–H and O–H groups in total. The molecular formula is C33H23N4OP. The van der Waals surface area contributed by atoms with Gasteiger partial charge in [-0.25, -0.2) is 4.98 Å². The molecule has 0 unspecified atom stereocenters. The normalized spacial score (nSPS) is 11.7. The fourth-order valence-corrected chi connectivity index (χ4v) is 7.51. The summed E-state index contributed by atoms with van der Waals surface area (Å²) in [6.45, 7) is 0. The van der Waals surface area contributed by atoms with Crippen molar-refractivity contribution in [2.75, 3.05) is 0 Å². The molecule has 0 bridgehead atoms.